The smallest absolute Gasteiger partial charge is 0.307 e. The van der Waals surface area contributed by atoms with Crippen LogP contribution in [0.4, 0.5) is 0 Å². The molecule has 0 aliphatic carbocycles. The minimum absolute atomic E-state index is 0.0335. The topological polar surface area (TPSA) is 73.3 Å². The van der Waals surface area contributed by atoms with Crippen molar-refractivity contribution in [2.75, 3.05) is 5.75 Å². The number of aromatic nitrogens is 1. The van der Waals surface area contributed by atoms with Crippen LogP contribution in [0.25, 0.3) is 10.6 Å². The lowest BCUT2D eigenvalue weighted by Gasteiger charge is -2.05. The van der Waals surface area contributed by atoms with E-state index in [1.54, 1.807) is 24.3 Å². The number of rotatable bonds is 7. The van der Waals surface area contributed by atoms with Crippen molar-refractivity contribution in [2.24, 2.45) is 0 Å². The molecule has 0 spiro atoms. The van der Waals surface area contributed by atoms with E-state index < -0.39 is 15.8 Å². The molecule has 0 fully saturated rings. The molecule has 0 aliphatic heterocycles. The van der Waals surface area contributed by atoms with Crippen molar-refractivity contribution in [1.29, 1.82) is 0 Å². The molecule has 3 rings (SSSR count). The summed E-state index contributed by atoms with van der Waals surface area (Å²) >= 11 is 1.48. The van der Waals surface area contributed by atoms with Gasteiger partial charge in [-0.05, 0) is 26.0 Å². The van der Waals surface area contributed by atoms with E-state index in [4.69, 9.17) is 4.74 Å². The number of sulfone groups is 1. The Bertz CT molecular complexity index is 1050. The SMILES string of the molecule is Cc1ccc(-c2nc(COC(=O)CCS(=O)(=O)c3ccc(C)cc3)cs2)cc1. The maximum Gasteiger partial charge on any atom is 0.307 e. The first-order valence-corrected chi connectivity index (χ1v) is 11.3. The number of benzene rings is 2. The highest BCUT2D eigenvalue weighted by molar-refractivity contribution is 7.91. The first-order valence-electron chi connectivity index (χ1n) is 8.80. The highest BCUT2D eigenvalue weighted by atomic mass is 32.2. The minimum atomic E-state index is -3.50. The number of esters is 1. The van der Waals surface area contributed by atoms with Gasteiger partial charge >= 0.3 is 5.97 Å². The Hall–Kier alpha value is -2.51. The lowest BCUT2D eigenvalue weighted by atomic mass is 10.2. The second-order valence-electron chi connectivity index (χ2n) is 6.55. The normalized spacial score (nSPS) is 11.4. The van der Waals surface area contributed by atoms with E-state index in [0.717, 1.165) is 16.1 Å². The molecule has 3 aromatic rings. The number of aryl methyl sites for hydroxylation is 2. The molecule has 0 radical (unpaired) electrons. The van der Waals surface area contributed by atoms with Crippen LogP contribution >= 0.6 is 11.3 Å². The average Bonchev–Trinajstić information content (AvgIpc) is 3.15. The van der Waals surface area contributed by atoms with Crippen LogP contribution in [0.5, 0.6) is 0 Å². The molecular weight excluding hydrogens is 394 g/mol. The Morgan fingerprint density at radius 3 is 2.25 bits per heavy atom. The molecule has 0 saturated carbocycles. The molecule has 0 unspecified atom stereocenters. The molecule has 0 amide bonds. The van der Waals surface area contributed by atoms with E-state index in [1.807, 2.05) is 43.5 Å². The van der Waals surface area contributed by atoms with E-state index in [0.29, 0.717) is 5.69 Å². The van der Waals surface area contributed by atoms with Gasteiger partial charge in [-0.15, -0.1) is 11.3 Å². The van der Waals surface area contributed by atoms with Crippen molar-refractivity contribution in [3.63, 3.8) is 0 Å². The van der Waals surface area contributed by atoms with E-state index >= 15 is 0 Å². The molecular formula is C21H21NO4S2. The van der Waals surface area contributed by atoms with E-state index in [1.165, 1.54) is 16.9 Å². The summed E-state index contributed by atoms with van der Waals surface area (Å²) in [5.74, 6) is -0.832. The molecule has 146 valence electrons. The van der Waals surface area contributed by atoms with Gasteiger partial charge in [-0.25, -0.2) is 13.4 Å². The fourth-order valence-electron chi connectivity index (χ4n) is 2.51. The quantitative estimate of drug-likeness (QED) is 0.537. The summed E-state index contributed by atoms with van der Waals surface area (Å²) in [6.45, 7) is 3.94. The monoisotopic (exact) mass is 415 g/mol. The van der Waals surface area contributed by atoms with Gasteiger partial charge in [-0.3, -0.25) is 4.79 Å². The summed E-state index contributed by atoms with van der Waals surface area (Å²) in [6.07, 6.45) is -0.189. The lowest BCUT2D eigenvalue weighted by Crippen LogP contribution is -2.13. The third-order valence-corrected chi connectivity index (χ3v) is 6.86. The van der Waals surface area contributed by atoms with Gasteiger partial charge in [0.2, 0.25) is 0 Å². The zero-order valence-corrected chi connectivity index (χ0v) is 17.3. The number of ether oxygens (including phenoxy) is 1. The Kier molecular flexibility index (Phi) is 6.26. The van der Waals surface area contributed by atoms with Gasteiger partial charge in [0, 0.05) is 10.9 Å². The summed E-state index contributed by atoms with van der Waals surface area (Å²) in [5, 5.41) is 2.69. The zero-order valence-electron chi connectivity index (χ0n) is 15.7. The van der Waals surface area contributed by atoms with Gasteiger partial charge in [0.1, 0.15) is 11.6 Å². The summed E-state index contributed by atoms with van der Waals surface area (Å²) in [4.78, 5) is 16.6. The van der Waals surface area contributed by atoms with Gasteiger partial charge in [0.25, 0.3) is 0 Å². The molecule has 28 heavy (non-hydrogen) atoms. The average molecular weight is 416 g/mol. The first-order chi connectivity index (χ1) is 13.3. The number of carbonyl (C=O) groups excluding carboxylic acids is 1. The summed E-state index contributed by atoms with van der Waals surface area (Å²) in [5.41, 5.74) is 3.81. The lowest BCUT2D eigenvalue weighted by molar-refractivity contribution is -0.144. The predicted molar refractivity (Wildman–Crippen MR) is 110 cm³/mol. The van der Waals surface area contributed by atoms with Crippen LogP contribution in [0.2, 0.25) is 0 Å². The van der Waals surface area contributed by atoms with Crippen molar-refractivity contribution < 1.29 is 17.9 Å². The number of hydrogen-bond donors (Lipinski definition) is 0. The van der Waals surface area contributed by atoms with Crippen molar-refractivity contribution in [3.8, 4) is 10.6 Å². The molecule has 0 saturated heterocycles. The van der Waals surface area contributed by atoms with Crippen LogP contribution in [0, 0.1) is 13.8 Å². The largest absolute Gasteiger partial charge is 0.459 e. The third-order valence-electron chi connectivity index (χ3n) is 4.19. The third kappa shape index (κ3) is 5.27. The Morgan fingerprint density at radius 1 is 1.00 bits per heavy atom. The fraction of sp³-hybridized carbons (Fsp3) is 0.238. The Balaban J connectivity index is 1.52. The molecule has 5 nitrogen and oxygen atoms in total. The second-order valence-corrected chi connectivity index (χ2v) is 9.52. The van der Waals surface area contributed by atoms with Gasteiger partial charge in [-0.2, -0.15) is 0 Å². The van der Waals surface area contributed by atoms with Crippen LogP contribution < -0.4 is 0 Å². The molecule has 1 aromatic heterocycles. The van der Waals surface area contributed by atoms with Gasteiger partial charge < -0.3 is 4.74 Å². The molecule has 7 heteroatoms. The summed E-state index contributed by atoms with van der Waals surface area (Å²) in [6, 6.07) is 14.6. The number of nitrogens with zero attached hydrogens (tertiary/aromatic N) is 1. The van der Waals surface area contributed by atoms with Gasteiger partial charge in [-0.1, -0.05) is 47.5 Å². The highest BCUT2D eigenvalue weighted by Gasteiger charge is 2.17. The first kappa shape index (κ1) is 20.2. The van der Waals surface area contributed by atoms with Crippen LogP contribution in [0.15, 0.2) is 58.8 Å². The summed E-state index contributed by atoms with van der Waals surface area (Å²) in [7, 11) is -3.50. The van der Waals surface area contributed by atoms with Crippen molar-refractivity contribution in [2.45, 2.75) is 31.8 Å². The van der Waals surface area contributed by atoms with Crippen LogP contribution in [-0.2, 0) is 26.0 Å². The van der Waals surface area contributed by atoms with Gasteiger partial charge in [0.15, 0.2) is 9.84 Å². The van der Waals surface area contributed by atoms with Gasteiger partial charge in [0.05, 0.1) is 22.8 Å². The Labute approximate surface area is 168 Å². The molecule has 2 aromatic carbocycles. The number of carbonyl (C=O) groups is 1. The zero-order chi connectivity index (χ0) is 20.1. The van der Waals surface area contributed by atoms with Crippen LogP contribution in [-0.4, -0.2) is 25.1 Å². The Morgan fingerprint density at radius 2 is 1.61 bits per heavy atom. The molecule has 0 bridgehead atoms. The fourth-order valence-corrected chi connectivity index (χ4v) is 4.54. The predicted octanol–water partition coefficient (Wildman–Crippen LogP) is 4.33. The number of thiazole rings is 1. The van der Waals surface area contributed by atoms with E-state index in [9.17, 15) is 13.2 Å². The standard InChI is InChI=1S/C21H21NO4S2/c1-15-3-7-17(8-4-15)21-22-18(14-27-21)13-26-20(23)11-12-28(24,25)19-9-5-16(2)6-10-19/h3-10,14H,11-13H2,1-2H3. The van der Waals surface area contributed by atoms with Crippen LogP contribution in [0.1, 0.15) is 23.2 Å². The van der Waals surface area contributed by atoms with E-state index in [-0.39, 0.29) is 23.7 Å². The molecule has 0 aliphatic rings. The molecule has 0 atom stereocenters. The maximum atomic E-state index is 12.3. The van der Waals surface area contributed by atoms with Crippen molar-refractivity contribution >= 4 is 27.1 Å². The van der Waals surface area contributed by atoms with E-state index in [2.05, 4.69) is 4.98 Å². The maximum absolute atomic E-state index is 12.3. The number of hydrogen-bond acceptors (Lipinski definition) is 6. The van der Waals surface area contributed by atoms with Crippen molar-refractivity contribution in [1.82, 2.24) is 4.98 Å². The van der Waals surface area contributed by atoms with Crippen LogP contribution in [0.3, 0.4) is 0 Å². The molecule has 0 N–H and O–H groups in total. The minimum Gasteiger partial charge on any atom is -0.459 e. The second kappa shape index (κ2) is 8.67. The summed E-state index contributed by atoms with van der Waals surface area (Å²) < 4.78 is 29.8. The van der Waals surface area contributed by atoms with Crippen molar-refractivity contribution in [3.05, 3.63) is 70.7 Å². The highest BCUT2D eigenvalue weighted by Crippen LogP contribution is 2.24. The molecule has 1 heterocycles.